The predicted molar refractivity (Wildman–Crippen MR) is 129 cm³/mol. The van der Waals surface area contributed by atoms with Gasteiger partial charge in [0.1, 0.15) is 11.0 Å². The normalized spacial score (nSPS) is 20.7. The van der Waals surface area contributed by atoms with Crippen molar-refractivity contribution in [1.82, 2.24) is 24.7 Å². The number of halogens is 1. The average Bonchev–Trinajstić information content (AvgIpc) is 3.59. The summed E-state index contributed by atoms with van der Waals surface area (Å²) in [7, 11) is 0. The van der Waals surface area contributed by atoms with E-state index in [0.717, 1.165) is 24.7 Å². The smallest absolute Gasteiger partial charge is 0.257 e. The van der Waals surface area contributed by atoms with Gasteiger partial charge in [-0.3, -0.25) is 14.8 Å². The average molecular weight is 460 g/mol. The fourth-order valence-corrected chi connectivity index (χ4v) is 5.02. The number of fused-ring (bicyclic) bond motifs is 2. The number of hydrogen-bond donors (Lipinski definition) is 2. The molecule has 0 bridgehead atoms. The number of pyridine rings is 1. The Labute approximate surface area is 196 Å². The molecule has 34 heavy (non-hydrogen) atoms. The molecule has 2 aliphatic rings. The fourth-order valence-electron chi connectivity index (χ4n) is 5.02. The lowest BCUT2D eigenvalue weighted by atomic mass is 10.0. The third-order valence-electron chi connectivity index (χ3n) is 6.67. The van der Waals surface area contributed by atoms with Crippen molar-refractivity contribution >= 4 is 34.0 Å². The molecular formula is C25H26FN7O. The third kappa shape index (κ3) is 3.75. The maximum absolute atomic E-state index is 14.5. The van der Waals surface area contributed by atoms with Gasteiger partial charge in [0.05, 0.1) is 22.6 Å². The molecule has 1 saturated carbocycles. The van der Waals surface area contributed by atoms with Crippen molar-refractivity contribution in [3.63, 3.8) is 0 Å². The molecule has 1 aromatic carbocycles. The number of hydrogen-bond acceptors (Lipinski definition) is 6. The van der Waals surface area contributed by atoms with E-state index in [9.17, 15) is 9.18 Å². The third-order valence-corrected chi connectivity index (χ3v) is 6.67. The van der Waals surface area contributed by atoms with Crippen LogP contribution in [0, 0.1) is 18.7 Å². The van der Waals surface area contributed by atoms with Gasteiger partial charge in [0.25, 0.3) is 5.91 Å². The molecular weight excluding hydrogens is 433 g/mol. The molecule has 6 rings (SSSR count). The summed E-state index contributed by atoms with van der Waals surface area (Å²) < 4.78 is 16.1. The number of nitrogens with zero attached hydrogens (tertiary/aromatic N) is 5. The Morgan fingerprint density at radius 2 is 1.94 bits per heavy atom. The van der Waals surface area contributed by atoms with Gasteiger partial charge in [0.2, 0.25) is 0 Å². The molecule has 3 aromatic heterocycles. The summed E-state index contributed by atoms with van der Waals surface area (Å²) in [5.74, 6) is -0.120. The Morgan fingerprint density at radius 3 is 2.74 bits per heavy atom. The molecule has 9 heteroatoms. The lowest BCUT2D eigenvalue weighted by molar-refractivity contribution is 0.102. The SMILES string of the molecule is Cc1cn2cc(NC(=O)c3ccc(N4C[C@H](C)N[C@@H](C5CC5)C4)c4nccnc34)cc(F)c2n1. The molecule has 1 saturated heterocycles. The number of anilines is 2. The maximum Gasteiger partial charge on any atom is 0.257 e. The number of nitrogens with one attached hydrogen (secondary N) is 2. The first kappa shape index (κ1) is 21.0. The number of carbonyl (C=O) groups excluding carboxylic acids is 1. The first-order valence-electron chi connectivity index (χ1n) is 11.7. The maximum atomic E-state index is 14.5. The van der Waals surface area contributed by atoms with Gasteiger partial charge in [-0.1, -0.05) is 0 Å². The minimum Gasteiger partial charge on any atom is -0.367 e. The van der Waals surface area contributed by atoms with Crippen molar-refractivity contribution in [3.8, 4) is 0 Å². The number of amides is 1. The van der Waals surface area contributed by atoms with Gasteiger partial charge in [0, 0.05) is 56.0 Å². The van der Waals surface area contributed by atoms with E-state index in [4.69, 9.17) is 0 Å². The summed E-state index contributed by atoms with van der Waals surface area (Å²) in [5.41, 5.74) is 3.89. The highest BCUT2D eigenvalue weighted by Crippen LogP contribution is 2.36. The monoisotopic (exact) mass is 459 g/mol. The molecule has 0 unspecified atom stereocenters. The summed E-state index contributed by atoms with van der Waals surface area (Å²) >= 11 is 0. The van der Waals surface area contributed by atoms with E-state index in [1.54, 1.807) is 42.2 Å². The summed E-state index contributed by atoms with van der Waals surface area (Å²) in [5, 5.41) is 6.53. The first-order valence-corrected chi connectivity index (χ1v) is 11.7. The minimum atomic E-state index is -0.496. The second-order valence-electron chi connectivity index (χ2n) is 9.45. The number of benzene rings is 1. The summed E-state index contributed by atoms with van der Waals surface area (Å²) in [6.07, 6.45) is 9.18. The van der Waals surface area contributed by atoms with Gasteiger partial charge in [-0.2, -0.15) is 0 Å². The highest BCUT2D eigenvalue weighted by Gasteiger charge is 2.36. The number of aromatic nitrogens is 4. The van der Waals surface area contributed by atoms with Crippen LogP contribution < -0.4 is 15.5 Å². The summed E-state index contributed by atoms with van der Waals surface area (Å²) in [6.45, 7) is 5.78. The fraction of sp³-hybridized carbons (Fsp3) is 0.360. The van der Waals surface area contributed by atoms with Crippen molar-refractivity contribution in [1.29, 1.82) is 0 Å². The Hall–Kier alpha value is -3.59. The van der Waals surface area contributed by atoms with Crippen molar-refractivity contribution in [2.24, 2.45) is 5.92 Å². The van der Waals surface area contributed by atoms with Gasteiger partial charge in [-0.25, -0.2) is 9.37 Å². The summed E-state index contributed by atoms with van der Waals surface area (Å²) in [6, 6.07) is 5.86. The van der Waals surface area contributed by atoms with Crippen molar-refractivity contribution < 1.29 is 9.18 Å². The van der Waals surface area contributed by atoms with Gasteiger partial charge in [0.15, 0.2) is 11.5 Å². The number of carbonyl (C=O) groups is 1. The first-order chi connectivity index (χ1) is 16.5. The quantitative estimate of drug-likeness (QED) is 0.485. The van der Waals surface area contributed by atoms with Crippen molar-refractivity contribution in [2.75, 3.05) is 23.3 Å². The van der Waals surface area contributed by atoms with Crippen LogP contribution in [0.2, 0.25) is 0 Å². The van der Waals surface area contributed by atoms with Crippen LogP contribution in [-0.2, 0) is 0 Å². The molecule has 0 radical (unpaired) electrons. The van der Waals surface area contributed by atoms with E-state index < -0.39 is 5.82 Å². The predicted octanol–water partition coefficient (Wildman–Crippen LogP) is 3.55. The van der Waals surface area contributed by atoms with E-state index in [1.165, 1.54) is 18.9 Å². The van der Waals surface area contributed by atoms with Gasteiger partial charge < -0.3 is 19.9 Å². The Balaban J connectivity index is 1.33. The van der Waals surface area contributed by atoms with E-state index in [-0.39, 0.29) is 11.6 Å². The molecule has 1 aliphatic carbocycles. The lowest BCUT2D eigenvalue weighted by Crippen LogP contribution is -2.56. The molecule has 2 fully saturated rings. The van der Waals surface area contributed by atoms with Crippen LogP contribution in [0.5, 0.6) is 0 Å². The molecule has 1 amide bonds. The summed E-state index contributed by atoms with van der Waals surface area (Å²) in [4.78, 5) is 28.8. The van der Waals surface area contributed by atoms with Crippen LogP contribution in [-0.4, -0.2) is 50.4 Å². The largest absolute Gasteiger partial charge is 0.367 e. The molecule has 4 aromatic rings. The molecule has 4 heterocycles. The second-order valence-corrected chi connectivity index (χ2v) is 9.45. The molecule has 8 nitrogen and oxygen atoms in total. The van der Waals surface area contributed by atoms with Gasteiger partial charge in [-0.15, -0.1) is 0 Å². The van der Waals surface area contributed by atoms with Crippen LogP contribution in [0.1, 0.15) is 35.8 Å². The second kappa shape index (κ2) is 8.02. The zero-order chi connectivity index (χ0) is 23.4. The Morgan fingerprint density at radius 1 is 1.15 bits per heavy atom. The highest BCUT2D eigenvalue weighted by molar-refractivity contribution is 6.13. The molecule has 2 atom stereocenters. The number of aryl methyl sites for hydroxylation is 1. The zero-order valence-corrected chi connectivity index (χ0v) is 19.1. The lowest BCUT2D eigenvalue weighted by Gasteiger charge is -2.39. The van der Waals surface area contributed by atoms with Crippen LogP contribution >= 0.6 is 0 Å². The standard InChI is InChI=1S/C25H26FN7O/c1-14-10-32(13-20(29-14)16-3-4-16)21-6-5-18(22-23(21)28-8-7-27-22)25(34)31-17-9-19(26)24-30-15(2)11-33(24)12-17/h5-9,11-12,14,16,20,29H,3-4,10,13H2,1-2H3,(H,31,34)/t14-,20+/m0/s1. The molecule has 0 spiro atoms. The van der Waals surface area contributed by atoms with Crippen molar-refractivity contribution in [2.45, 2.75) is 38.8 Å². The van der Waals surface area contributed by atoms with E-state index >= 15 is 0 Å². The Bertz CT molecular complexity index is 1410. The van der Waals surface area contributed by atoms with Gasteiger partial charge in [-0.05, 0) is 44.7 Å². The van der Waals surface area contributed by atoms with Crippen molar-refractivity contribution in [3.05, 3.63) is 60.1 Å². The topological polar surface area (TPSA) is 87.5 Å². The zero-order valence-electron chi connectivity index (χ0n) is 19.1. The van der Waals surface area contributed by atoms with Crippen LogP contribution in [0.25, 0.3) is 16.7 Å². The van der Waals surface area contributed by atoms with Crippen LogP contribution in [0.15, 0.2) is 43.0 Å². The highest BCUT2D eigenvalue weighted by atomic mass is 19.1. The van der Waals surface area contributed by atoms with Crippen LogP contribution in [0.3, 0.4) is 0 Å². The van der Waals surface area contributed by atoms with E-state index in [0.29, 0.717) is 40.1 Å². The minimum absolute atomic E-state index is 0.228. The molecule has 1 aliphatic heterocycles. The Kier molecular flexibility index (Phi) is 4.95. The van der Waals surface area contributed by atoms with E-state index in [2.05, 4.69) is 37.4 Å². The number of rotatable bonds is 4. The van der Waals surface area contributed by atoms with E-state index in [1.807, 2.05) is 6.07 Å². The van der Waals surface area contributed by atoms with Gasteiger partial charge >= 0.3 is 0 Å². The number of imidazole rings is 1. The van der Waals surface area contributed by atoms with Crippen LogP contribution in [0.4, 0.5) is 15.8 Å². The molecule has 174 valence electrons. The molecule has 2 N–H and O–H groups in total. The number of piperazine rings is 1.